The smallest absolute Gasteiger partial charge is 0.121 e. The molecule has 1 aromatic rings. The van der Waals surface area contributed by atoms with E-state index in [-0.39, 0.29) is 0 Å². The molecule has 3 heteroatoms. The average molecular weight is 264 g/mol. The third-order valence-electron chi connectivity index (χ3n) is 3.29. The monoisotopic (exact) mass is 264 g/mol. The van der Waals surface area contributed by atoms with Gasteiger partial charge in [-0.25, -0.2) is 0 Å². The van der Waals surface area contributed by atoms with Crippen LogP contribution in [0.3, 0.4) is 0 Å². The molecule has 19 heavy (non-hydrogen) atoms. The Morgan fingerprint density at radius 2 is 1.68 bits per heavy atom. The molecule has 0 bridgehead atoms. The normalized spacial score (nSPS) is 10.9. The van der Waals surface area contributed by atoms with Gasteiger partial charge in [-0.05, 0) is 43.6 Å². The lowest BCUT2D eigenvalue weighted by Crippen LogP contribution is -2.25. The van der Waals surface area contributed by atoms with Gasteiger partial charge in [0.05, 0.1) is 7.11 Å². The molecule has 0 unspecified atom stereocenters. The summed E-state index contributed by atoms with van der Waals surface area (Å²) in [6, 6.07) is 6.00. The zero-order valence-electron chi connectivity index (χ0n) is 12.6. The van der Waals surface area contributed by atoms with Crippen LogP contribution >= 0.6 is 0 Å². The molecule has 0 aromatic heterocycles. The Labute approximate surface area is 117 Å². The van der Waals surface area contributed by atoms with Crippen molar-refractivity contribution >= 4 is 5.69 Å². The molecule has 0 radical (unpaired) electrons. The van der Waals surface area contributed by atoms with Gasteiger partial charge in [0.25, 0.3) is 0 Å². The van der Waals surface area contributed by atoms with Gasteiger partial charge in [-0.15, -0.1) is 0 Å². The quantitative estimate of drug-likeness (QED) is 0.691. The minimum absolute atomic E-state index is 0.778. The molecule has 0 amide bonds. The Kier molecular flexibility index (Phi) is 7.34. The molecule has 0 spiro atoms. The maximum absolute atomic E-state index is 5.91. The van der Waals surface area contributed by atoms with Crippen molar-refractivity contribution in [2.45, 2.75) is 46.1 Å². The van der Waals surface area contributed by atoms with Crippen molar-refractivity contribution in [3.63, 3.8) is 0 Å². The molecular weight excluding hydrogens is 236 g/mol. The number of unbranched alkanes of at least 4 members (excludes halogenated alkanes) is 2. The van der Waals surface area contributed by atoms with Crippen LogP contribution in [0.25, 0.3) is 0 Å². The van der Waals surface area contributed by atoms with Gasteiger partial charge in [0, 0.05) is 18.3 Å². The molecule has 0 aliphatic carbocycles. The number of benzene rings is 1. The summed E-state index contributed by atoms with van der Waals surface area (Å²) in [6.07, 6.45) is 4.98. The van der Waals surface area contributed by atoms with Gasteiger partial charge in [-0.2, -0.15) is 0 Å². The predicted octanol–water partition coefficient (Wildman–Crippen LogP) is 3.68. The van der Waals surface area contributed by atoms with Gasteiger partial charge >= 0.3 is 0 Å². The van der Waals surface area contributed by atoms with E-state index >= 15 is 0 Å². The lowest BCUT2D eigenvalue weighted by atomic mass is 10.1. The molecule has 108 valence electrons. The summed E-state index contributed by atoms with van der Waals surface area (Å²) in [5.41, 5.74) is 7.93. The summed E-state index contributed by atoms with van der Waals surface area (Å²) >= 11 is 0. The van der Waals surface area contributed by atoms with Gasteiger partial charge in [0.15, 0.2) is 0 Å². The molecule has 0 heterocycles. The third kappa shape index (κ3) is 5.97. The average Bonchev–Trinajstić information content (AvgIpc) is 2.41. The van der Waals surface area contributed by atoms with E-state index in [1.165, 1.54) is 31.2 Å². The van der Waals surface area contributed by atoms with Crippen LogP contribution < -0.4 is 10.5 Å². The summed E-state index contributed by atoms with van der Waals surface area (Å²) in [6.45, 7) is 7.76. The highest BCUT2D eigenvalue weighted by Gasteiger charge is 2.07. The van der Waals surface area contributed by atoms with Crippen molar-refractivity contribution in [2.24, 2.45) is 0 Å². The Balaban J connectivity index is 2.67. The lowest BCUT2D eigenvalue weighted by molar-refractivity contribution is 0.257. The standard InChI is InChI=1S/C16H28N2O/c1-4-6-8-18(9-7-5-2)13-14-10-15(17)12-16(11-14)19-3/h10-12H,4-9,13,17H2,1-3H3. The fourth-order valence-corrected chi connectivity index (χ4v) is 2.19. The van der Waals surface area contributed by atoms with Crippen LogP contribution in [-0.2, 0) is 6.54 Å². The number of nitrogens with two attached hydrogens (primary N) is 1. The van der Waals surface area contributed by atoms with Crippen LogP contribution in [-0.4, -0.2) is 25.1 Å². The first kappa shape index (κ1) is 15.8. The van der Waals surface area contributed by atoms with Gasteiger partial charge in [0.1, 0.15) is 5.75 Å². The Bertz CT molecular complexity index is 358. The molecule has 0 saturated carbocycles. The SMILES string of the molecule is CCCCN(CCCC)Cc1cc(N)cc(OC)c1. The van der Waals surface area contributed by atoms with E-state index in [4.69, 9.17) is 10.5 Å². The molecular formula is C16H28N2O. The number of nitrogens with zero attached hydrogens (tertiary/aromatic N) is 1. The van der Waals surface area contributed by atoms with E-state index in [1.807, 2.05) is 12.1 Å². The number of methoxy groups -OCH3 is 1. The van der Waals surface area contributed by atoms with Crippen molar-refractivity contribution in [3.8, 4) is 5.75 Å². The number of hydrogen-bond acceptors (Lipinski definition) is 3. The van der Waals surface area contributed by atoms with E-state index in [9.17, 15) is 0 Å². The fourth-order valence-electron chi connectivity index (χ4n) is 2.19. The van der Waals surface area contributed by atoms with Gasteiger partial charge in [-0.1, -0.05) is 26.7 Å². The van der Waals surface area contributed by atoms with Crippen molar-refractivity contribution < 1.29 is 4.74 Å². The van der Waals surface area contributed by atoms with E-state index < -0.39 is 0 Å². The third-order valence-corrected chi connectivity index (χ3v) is 3.29. The molecule has 1 aromatic carbocycles. The van der Waals surface area contributed by atoms with E-state index in [0.717, 1.165) is 31.1 Å². The van der Waals surface area contributed by atoms with Gasteiger partial charge in [0.2, 0.25) is 0 Å². The highest BCUT2D eigenvalue weighted by atomic mass is 16.5. The molecule has 0 aliphatic rings. The van der Waals surface area contributed by atoms with Crippen molar-refractivity contribution in [3.05, 3.63) is 23.8 Å². The maximum atomic E-state index is 5.91. The predicted molar refractivity (Wildman–Crippen MR) is 82.5 cm³/mol. The highest BCUT2D eigenvalue weighted by Crippen LogP contribution is 2.20. The largest absolute Gasteiger partial charge is 0.497 e. The van der Waals surface area contributed by atoms with Crippen molar-refractivity contribution in [1.29, 1.82) is 0 Å². The summed E-state index contributed by atoms with van der Waals surface area (Å²) in [7, 11) is 1.69. The Hall–Kier alpha value is -1.22. The molecule has 0 atom stereocenters. The Morgan fingerprint density at radius 3 is 2.21 bits per heavy atom. The first-order valence-electron chi connectivity index (χ1n) is 7.35. The number of ether oxygens (including phenoxy) is 1. The van der Waals surface area contributed by atoms with E-state index in [1.54, 1.807) is 7.11 Å². The first-order valence-corrected chi connectivity index (χ1v) is 7.35. The number of hydrogen-bond donors (Lipinski definition) is 1. The van der Waals surface area contributed by atoms with Crippen LogP contribution in [0.5, 0.6) is 5.75 Å². The van der Waals surface area contributed by atoms with E-state index in [0.29, 0.717) is 0 Å². The van der Waals surface area contributed by atoms with Gasteiger partial charge in [-0.3, -0.25) is 4.90 Å². The fraction of sp³-hybridized carbons (Fsp3) is 0.625. The second-order valence-electron chi connectivity index (χ2n) is 5.10. The zero-order valence-corrected chi connectivity index (χ0v) is 12.6. The number of nitrogen functional groups attached to an aromatic ring is 1. The summed E-state index contributed by atoms with van der Waals surface area (Å²) in [4.78, 5) is 2.52. The zero-order chi connectivity index (χ0) is 14.1. The minimum atomic E-state index is 0.778. The second kappa shape index (κ2) is 8.81. The molecule has 1 rings (SSSR count). The summed E-state index contributed by atoms with van der Waals surface area (Å²) in [5.74, 6) is 0.848. The number of rotatable bonds is 9. The summed E-state index contributed by atoms with van der Waals surface area (Å²) < 4.78 is 5.28. The van der Waals surface area contributed by atoms with Crippen LogP contribution in [0, 0.1) is 0 Å². The summed E-state index contributed by atoms with van der Waals surface area (Å²) in [5, 5.41) is 0. The molecule has 3 nitrogen and oxygen atoms in total. The molecule has 0 fully saturated rings. The van der Waals surface area contributed by atoms with Crippen molar-refractivity contribution in [1.82, 2.24) is 4.90 Å². The molecule has 2 N–H and O–H groups in total. The lowest BCUT2D eigenvalue weighted by Gasteiger charge is -2.22. The minimum Gasteiger partial charge on any atom is -0.497 e. The first-order chi connectivity index (χ1) is 9.19. The second-order valence-corrected chi connectivity index (χ2v) is 5.10. The van der Waals surface area contributed by atoms with Crippen LogP contribution in [0.15, 0.2) is 18.2 Å². The van der Waals surface area contributed by atoms with Gasteiger partial charge < -0.3 is 10.5 Å². The molecule has 0 aliphatic heterocycles. The van der Waals surface area contributed by atoms with Crippen molar-refractivity contribution in [2.75, 3.05) is 25.9 Å². The maximum Gasteiger partial charge on any atom is 0.121 e. The Morgan fingerprint density at radius 1 is 1.05 bits per heavy atom. The number of anilines is 1. The van der Waals surface area contributed by atoms with Crippen LogP contribution in [0.1, 0.15) is 45.1 Å². The highest BCUT2D eigenvalue weighted by molar-refractivity contribution is 5.47. The molecule has 0 saturated heterocycles. The topological polar surface area (TPSA) is 38.5 Å². The van der Waals surface area contributed by atoms with Crippen LogP contribution in [0.4, 0.5) is 5.69 Å². The van der Waals surface area contributed by atoms with E-state index in [2.05, 4.69) is 24.8 Å². The van der Waals surface area contributed by atoms with Crippen LogP contribution in [0.2, 0.25) is 0 Å².